The van der Waals surface area contributed by atoms with Gasteiger partial charge in [0, 0.05) is 23.2 Å². The third-order valence-corrected chi connectivity index (χ3v) is 4.99. The average molecular weight is 368 g/mol. The summed E-state index contributed by atoms with van der Waals surface area (Å²) in [6.45, 7) is 4.64. The van der Waals surface area contributed by atoms with Crippen LogP contribution in [0.5, 0.6) is 0 Å². The van der Waals surface area contributed by atoms with Gasteiger partial charge in [0.25, 0.3) is 5.91 Å². The number of rotatable bonds is 4. The zero-order valence-electron chi connectivity index (χ0n) is 14.5. The van der Waals surface area contributed by atoms with Gasteiger partial charge in [0.05, 0.1) is 16.1 Å². The van der Waals surface area contributed by atoms with Gasteiger partial charge in [0.1, 0.15) is 5.52 Å². The Balaban J connectivity index is 1.51. The number of nitrogens with one attached hydrogen (secondary N) is 3. The fourth-order valence-corrected chi connectivity index (χ4v) is 3.55. The predicted octanol–water partition coefficient (Wildman–Crippen LogP) is 3.68. The first-order chi connectivity index (χ1) is 12.5. The first kappa shape index (κ1) is 16.6. The minimum atomic E-state index is -0.117. The minimum absolute atomic E-state index is 0.117. The van der Waals surface area contributed by atoms with Crippen LogP contribution < -0.4 is 5.32 Å². The molecule has 0 aliphatic heterocycles. The predicted molar refractivity (Wildman–Crippen MR) is 103 cm³/mol. The molecule has 0 atom stereocenters. The molecule has 7 heteroatoms. The van der Waals surface area contributed by atoms with Gasteiger partial charge in [-0.1, -0.05) is 22.9 Å². The quantitative estimate of drug-likeness (QED) is 0.514. The Labute approximate surface area is 154 Å². The molecule has 0 spiro atoms. The molecule has 4 rings (SSSR count). The maximum Gasteiger partial charge on any atom is 0.251 e. The second-order valence-electron chi connectivity index (χ2n) is 6.39. The van der Waals surface area contributed by atoms with Crippen LogP contribution in [0.4, 0.5) is 0 Å². The first-order valence-corrected chi connectivity index (χ1v) is 8.77. The van der Waals surface area contributed by atoms with Crippen LogP contribution in [-0.2, 0) is 6.42 Å². The Morgan fingerprint density at radius 1 is 1.23 bits per heavy atom. The Morgan fingerprint density at radius 2 is 2.08 bits per heavy atom. The number of aromatic nitrogens is 4. The van der Waals surface area contributed by atoms with Crippen molar-refractivity contribution >= 4 is 39.4 Å². The van der Waals surface area contributed by atoms with Gasteiger partial charge in [-0.05, 0) is 55.7 Å². The SMILES string of the molecule is Cc1[nH]c2c(Cl)ccc(C)c2c1CCNC(=O)c1ccc2nn[nH]c2c1. The summed E-state index contributed by atoms with van der Waals surface area (Å²) < 4.78 is 0. The normalized spacial score (nSPS) is 11.3. The van der Waals surface area contributed by atoms with Gasteiger partial charge >= 0.3 is 0 Å². The molecule has 0 unspecified atom stereocenters. The molecule has 0 fully saturated rings. The molecule has 0 bridgehead atoms. The Hall–Kier alpha value is -2.86. The second-order valence-corrected chi connectivity index (χ2v) is 6.80. The van der Waals surface area contributed by atoms with Crippen LogP contribution in [0, 0.1) is 13.8 Å². The monoisotopic (exact) mass is 367 g/mol. The van der Waals surface area contributed by atoms with Crippen molar-refractivity contribution < 1.29 is 4.79 Å². The third-order valence-electron chi connectivity index (χ3n) is 4.68. The second kappa shape index (κ2) is 6.46. The average Bonchev–Trinajstić information content (AvgIpc) is 3.22. The Morgan fingerprint density at radius 3 is 2.92 bits per heavy atom. The molecular formula is C19H18ClN5O. The smallest absolute Gasteiger partial charge is 0.251 e. The lowest BCUT2D eigenvalue weighted by molar-refractivity contribution is 0.0954. The molecule has 0 aliphatic rings. The van der Waals surface area contributed by atoms with Gasteiger partial charge in [0.15, 0.2) is 0 Å². The van der Waals surface area contributed by atoms with E-state index in [0.29, 0.717) is 17.1 Å². The van der Waals surface area contributed by atoms with E-state index in [1.807, 2.05) is 19.1 Å². The molecule has 0 saturated heterocycles. The molecular weight excluding hydrogens is 350 g/mol. The maximum atomic E-state index is 12.4. The highest BCUT2D eigenvalue weighted by atomic mass is 35.5. The van der Waals surface area contributed by atoms with Crippen molar-refractivity contribution in [3.05, 3.63) is 57.7 Å². The number of aryl methyl sites for hydroxylation is 2. The maximum absolute atomic E-state index is 12.4. The van der Waals surface area contributed by atoms with E-state index < -0.39 is 0 Å². The van der Waals surface area contributed by atoms with Crippen molar-refractivity contribution in [2.75, 3.05) is 6.54 Å². The lowest BCUT2D eigenvalue weighted by Gasteiger charge is -2.07. The fraction of sp³-hybridized carbons (Fsp3) is 0.211. The van der Waals surface area contributed by atoms with Gasteiger partial charge in [-0.25, -0.2) is 0 Å². The number of hydrogen-bond acceptors (Lipinski definition) is 3. The number of H-pyrrole nitrogens is 2. The fourth-order valence-electron chi connectivity index (χ4n) is 3.35. The molecule has 132 valence electrons. The van der Waals surface area contributed by atoms with E-state index in [1.54, 1.807) is 18.2 Å². The van der Waals surface area contributed by atoms with Crippen LogP contribution in [0.25, 0.3) is 21.9 Å². The summed E-state index contributed by atoms with van der Waals surface area (Å²) in [6, 6.07) is 9.21. The van der Waals surface area contributed by atoms with Crippen molar-refractivity contribution in [3.8, 4) is 0 Å². The van der Waals surface area contributed by atoms with Gasteiger partial charge in [0.2, 0.25) is 0 Å². The van der Waals surface area contributed by atoms with Crippen molar-refractivity contribution in [1.29, 1.82) is 0 Å². The van der Waals surface area contributed by atoms with Crippen LogP contribution in [0.2, 0.25) is 5.02 Å². The molecule has 6 nitrogen and oxygen atoms in total. The number of carbonyl (C=O) groups is 1. The summed E-state index contributed by atoms with van der Waals surface area (Å²) in [6.07, 6.45) is 0.729. The zero-order valence-corrected chi connectivity index (χ0v) is 15.2. The molecule has 26 heavy (non-hydrogen) atoms. The lowest BCUT2D eigenvalue weighted by Crippen LogP contribution is -2.25. The van der Waals surface area contributed by atoms with Gasteiger partial charge in [-0.15, -0.1) is 5.10 Å². The molecule has 2 heterocycles. The Kier molecular flexibility index (Phi) is 4.12. The van der Waals surface area contributed by atoms with Gasteiger partial charge < -0.3 is 10.3 Å². The van der Waals surface area contributed by atoms with E-state index in [9.17, 15) is 4.79 Å². The zero-order chi connectivity index (χ0) is 18.3. The number of fused-ring (bicyclic) bond motifs is 2. The number of aromatic amines is 2. The summed E-state index contributed by atoms with van der Waals surface area (Å²) in [5.74, 6) is -0.117. The van der Waals surface area contributed by atoms with E-state index in [1.165, 1.54) is 11.1 Å². The number of nitrogens with zero attached hydrogens (tertiary/aromatic N) is 2. The van der Waals surface area contributed by atoms with E-state index in [4.69, 9.17) is 11.6 Å². The number of halogens is 1. The number of hydrogen-bond donors (Lipinski definition) is 3. The highest BCUT2D eigenvalue weighted by molar-refractivity contribution is 6.35. The molecule has 1 amide bonds. The minimum Gasteiger partial charge on any atom is -0.357 e. The van der Waals surface area contributed by atoms with E-state index in [2.05, 4.69) is 32.6 Å². The molecule has 2 aromatic carbocycles. The number of amides is 1. The van der Waals surface area contributed by atoms with E-state index >= 15 is 0 Å². The standard InChI is InChI=1S/C19H18ClN5O/c1-10-3-5-14(20)18-17(10)13(11(2)22-18)7-8-21-19(26)12-4-6-15-16(9-12)24-25-23-15/h3-6,9,22H,7-8H2,1-2H3,(H,21,26)(H,23,24,25). The number of benzene rings is 2. The van der Waals surface area contributed by atoms with Crippen LogP contribution in [0.1, 0.15) is 27.2 Å². The van der Waals surface area contributed by atoms with Crippen molar-refractivity contribution in [1.82, 2.24) is 25.7 Å². The highest BCUT2D eigenvalue weighted by Gasteiger charge is 2.14. The summed E-state index contributed by atoms with van der Waals surface area (Å²) in [5, 5.41) is 15.3. The van der Waals surface area contributed by atoms with Crippen LogP contribution in [-0.4, -0.2) is 32.8 Å². The molecule has 4 aromatic rings. The van der Waals surface area contributed by atoms with Crippen LogP contribution in [0.15, 0.2) is 30.3 Å². The summed E-state index contributed by atoms with van der Waals surface area (Å²) in [4.78, 5) is 15.8. The molecule has 2 aromatic heterocycles. The van der Waals surface area contributed by atoms with Crippen molar-refractivity contribution in [3.63, 3.8) is 0 Å². The van der Waals surface area contributed by atoms with Crippen molar-refractivity contribution in [2.24, 2.45) is 0 Å². The van der Waals surface area contributed by atoms with Crippen LogP contribution >= 0.6 is 11.6 Å². The molecule has 0 radical (unpaired) electrons. The first-order valence-electron chi connectivity index (χ1n) is 8.40. The number of carbonyl (C=O) groups excluding carboxylic acids is 1. The summed E-state index contributed by atoms with van der Waals surface area (Å²) in [5.41, 5.74) is 6.47. The van der Waals surface area contributed by atoms with Crippen LogP contribution in [0.3, 0.4) is 0 Å². The van der Waals surface area contributed by atoms with E-state index in [-0.39, 0.29) is 5.91 Å². The molecule has 0 saturated carbocycles. The topological polar surface area (TPSA) is 86.5 Å². The van der Waals surface area contributed by atoms with Gasteiger partial charge in [-0.3, -0.25) is 9.89 Å². The Bertz CT molecular complexity index is 1130. The van der Waals surface area contributed by atoms with Gasteiger partial charge in [-0.2, -0.15) is 0 Å². The lowest BCUT2D eigenvalue weighted by atomic mass is 10.0. The third kappa shape index (κ3) is 2.82. The highest BCUT2D eigenvalue weighted by Crippen LogP contribution is 2.31. The summed E-state index contributed by atoms with van der Waals surface area (Å²) >= 11 is 6.30. The van der Waals surface area contributed by atoms with E-state index in [0.717, 1.165) is 34.1 Å². The molecule has 0 aliphatic carbocycles. The molecule has 3 N–H and O–H groups in total. The largest absolute Gasteiger partial charge is 0.357 e. The van der Waals surface area contributed by atoms with Crippen molar-refractivity contribution in [2.45, 2.75) is 20.3 Å². The summed E-state index contributed by atoms with van der Waals surface area (Å²) in [7, 11) is 0.